The molecule has 2 unspecified atom stereocenters. The van der Waals surface area contributed by atoms with Gasteiger partial charge in [-0.25, -0.2) is 0 Å². The number of benzene rings is 1. The van der Waals surface area contributed by atoms with Crippen LogP contribution in [0.15, 0.2) is 24.3 Å². The lowest BCUT2D eigenvalue weighted by atomic mass is 9.98. The van der Waals surface area contributed by atoms with Gasteiger partial charge in [0.1, 0.15) is 11.8 Å². The first-order valence-electron chi connectivity index (χ1n) is 7.09. The van der Waals surface area contributed by atoms with E-state index in [9.17, 15) is 0 Å². The molecule has 19 heavy (non-hydrogen) atoms. The zero-order chi connectivity index (χ0) is 13.5. The van der Waals surface area contributed by atoms with Gasteiger partial charge in [0.05, 0.1) is 0 Å². The zero-order valence-corrected chi connectivity index (χ0v) is 11.6. The lowest BCUT2D eigenvalue weighted by Gasteiger charge is -2.16. The first-order chi connectivity index (χ1) is 9.29. The summed E-state index contributed by atoms with van der Waals surface area (Å²) < 4.78 is 5.23. The lowest BCUT2D eigenvalue weighted by Crippen LogP contribution is -2.23. The Hall–Kier alpha value is -1.53. The molecule has 1 aliphatic carbocycles. The van der Waals surface area contributed by atoms with Gasteiger partial charge in [0.2, 0.25) is 0 Å². The summed E-state index contributed by atoms with van der Waals surface area (Å²) in [5.74, 6) is 2.47. The first kappa shape index (κ1) is 13.9. The molecule has 1 aromatic rings. The van der Waals surface area contributed by atoms with Gasteiger partial charge in [-0.2, -0.15) is 5.26 Å². The number of nitriles is 1. The topological polar surface area (TPSA) is 45.0 Å². The summed E-state index contributed by atoms with van der Waals surface area (Å²) in [6.45, 7) is 4.49. The van der Waals surface area contributed by atoms with Crippen LogP contribution in [-0.4, -0.2) is 13.2 Å². The Morgan fingerprint density at radius 3 is 2.74 bits per heavy atom. The van der Waals surface area contributed by atoms with Gasteiger partial charge in [0.15, 0.2) is 6.61 Å². The molecule has 3 nitrogen and oxygen atoms in total. The highest BCUT2D eigenvalue weighted by molar-refractivity contribution is 5.27. The van der Waals surface area contributed by atoms with E-state index < -0.39 is 0 Å². The molecule has 0 saturated heterocycles. The van der Waals surface area contributed by atoms with Gasteiger partial charge in [-0.3, -0.25) is 0 Å². The minimum absolute atomic E-state index is 0.108. The Kier molecular flexibility index (Phi) is 5.23. The van der Waals surface area contributed by atoms with Crippen molar-refractivity contribution in [3.05, 3.63) is 29.8 Å². The van der Waals surface area contributed by atoms with Crippen LogP contribution in [0.4, 0.5) is 0 Å². The molecule has 0 radical (unpaired) electrons. The van der Waals surface area contributed by atoms with Crippen LogP contribution in [0.5, 0.6) is 5.75 Å². The van der Waals surface area contributed by atoms with Gasteiger partial charge in [-0.05, 0) is 42.5 Å². The molecule has 0 amide bonds. The molecule has 0 bridgehead atoms. The zero-order valence-electron chi connectivity index (χ0n) is 11.6. The van der Waals surface area contributed by atoms with E-state index >= 15 is 0 Å². The average molecular weight is 258 g/mol. The molecule has 2 rings (SSSR count). The van der Waals surface area contributed by atoms with Crippen LogP contribution in [-0.2, 0) is 6.54 Å². The fourth-order valence-corrected chi connectivity index (χ4v) is 2.75. The van der Waals surface area contributed by atoms with Crippen LogP contribution >= 0.6 is 0 Å². The normalized spacial score (nSPS) is 22.1. The number of nitrogens with zero attached hydrogens (tertiary/aromatic N) is 1. The Labute approximate surface area is 115 Å². The summed E-state index contributed by atoms with van der Waals surface area (Å²) in [7, 11) is 0. The van der Waals surface area contributed by atoms with Crippen LogP contribution in [0.2, 0.25) is 0 Å². The number of nitrogens with one attached hydrogen (secondary N) is 1. The largest absolute Gasteiger partial charge is 0.479 e. The molecular weight excluding hydrogens is 236 g/mol. The van der Waals surface area contributed by atoms with Crippen molar-refractivity contribution < 1.29 is 4.74 Å². The van der Waals surface area contributed by atoms with Gasteiger partial charge >= 0.3 is 0 Å². The van der Waals surface area contributed by atoms with Gasteiger partial charge in [-0.15, -0.1) is 0 Å². The van der Waals surface area contributed by atoms with E-state index in [1.165, 1.54) is 24.8 Å². The van der Waals surface area contributed by atoms with Crippen molar-refractivity contribution in [1.82, 2.24) is 5.32 Å². The van der Waals surface area contributed by atoms with Crippen LogP contribution < -0.4 is 10.1 Å². The van der Waals surface area contributed by atoms with Crippen molar-refractivity contribution in [2.45, 2.75) is 32.7 Å². The predicted octanol–water partition coefficient (Wildman–Crippen LogP) is 3.11. The molecule has 1 aromatic carbocycles. The fraction of sp³-hybridized carbons (Fsp3) is 0.562. The van der Waals surface area contributed by atoms with E-state index in [-0.39, 0.29) is 6.61 Å². The van der Waals surface area contributed by atoms with Crippen molar-refractivity contribution >= 4 is 0 Å². The summed E-state index contributed by atoms with van der Waals surface area (Å²) in [6, 6.07) is 9.92. The Bertz CT molecular complexity index is 421. The molecule has 0 aliphatic heterocycles. The standard InChI is InChI=1S/C16H22N2O/c1-13-3-2-4-15(13)12-18-11-14-5-7-16(8-6-14)19-10-9-17/h5-8,13,15,18H,2-4,10-12H2,1H3. The molecule has 0 heterocycles. The van der Waals surface area contributed by atoms with E-state index in [0.717, 1.165) is 30.7 Å². The lowest BCUT2D eigenvalue weighted by molar-refractivity contribution is 0.368. The third-order valence-electron chi connectivity index (χ3n) is 4.00. The van der Waals surface area contributed by atoms with E-state index in [1.54, 1.807) is 0 Å². The molecule has 1 saturated carbocycles. The molecule has 0 aromatic heterocycles. The Balaban J connectivity index is 1.72. The quantitative estimate of drug-likeness (QED) is 0.852. The predicted molar refractivity (Wildman–Crippen MR) is 75.8 cm³/mol. The molecule has 1 N–H and O–H groups in total. The third kappa shape index (κ3) is 4.25. The van der Waals surface area contributed by atoms with Gasteiger partial charge in [-0.1, -0.05) is 31.9 Å². The van der Waals surface area contributed by atoms with E-state index in [4.69, 9.17) is 10.00 Å². The fourth-order valence-electron chi connectivity index (χ4n) is 2.75. The van der Waals surface area contributed by atoms with Gasteiger partial charge < -0.3 is 10.1 Å². The Morgan fingerprint density at radius 2 is 2.11 bits per heavy atom. The summed E-state index contributed by atoms with van der Waals surface area (Å²) in [5.41, 5.74) is 1.26. The van der Waals surface area contributed by atoms with Crippen molar-refractivity contribution in [2.24, 2.45) is 11.8 Å². The number of rotatable bonds is 6. The second kappa shape index (κ2) is 7.16. The minimum Gasteiger partial charge on any atom is -0.479 e. The molecule has 1 aliphatic rings. The molecule has 0 spiro atoms. The van der Waals surface area contributed by atoms with Crippen molar-refractivity contribution in [3.8, 4) is 11.8 Å². The van der Waals surface area contributed by atoms with E-state index in [0.29, 0.717) is 0 Å². The number of hydrogen-bond acceptors (Lipinski definition) is 3. The number of ether oxygens (including phenoxy) is 1. The summed E-state index contributed by atoms with van der Waals surface area (Å²) in [5, 5.41) is 12.0. The highest BCUT2D eigenvalue weighted by atomic mass is 16.5. The summed E-state index contributed by atoms with van der Waals surface area (Å²) in [6.07, 6.45) is 4.14. The molecular formula is C16H22N2O. The maximum Gasteiger partial charge on any atom is 0.174 e. The summed E-state index contributed by atoms with van der Waals surface area (Å²) in [4.78, 5) is 0. The van der Waals surface area contributed by atoms with Crippen molar-refractivity contribution in [1.29, 1.82) is 5.26 Å². The molecule has 3 heteroatoms. The van der Waals surface area contributed by atoms with Crippen LogP contribution in [0, 0.1) is 23.2 Å². The molecule has 1 fully saturated rings. The maximum absolute atomic E-state index is 8.44. The second-order valence-electron chi connectivity index (χ2n) is 5.39. The highest BCUT2D eigenvalue weighted by Gasteiger charge is 2.22. The average Bonchev–Trinajstić information content (AvgIpc) is 2.84. The van der Waals surface area contributed by atoms with Crippen LogP contribution in [0.3, 0.4) is 0 Å². The second-order valence-corrected chi connectivity index (χ2v) is 5.39. The monoisotopic (exact) mass is 258 g/mol. The Morgan fingerprint density at radius 1 is 1.32 bits per heavy atom. The van der Waals surface area contributed by atoms with E-state index in [2.05, 4.69) is 24.4 Å². The highest BCUT2D eigenvalue weighted by Crippen LogP contribution is 2.30. The minimum atomic E-state index is 0.108. The smallest absolute Gasteiger partial charge is 0.174 e. The van der Waals surface area contributed by atoms with Crippen molar-refractivity contribution in [2.75, 3.05) is 13.2 Å². The van der Waals surface area contributed by atoms with Gasteiger partial charge in [0.25, 0.3) is 0 Å². The van der Waals surface area contributed by atoms with Crippen LogP contribution in [0.25, 0.3) is 0 Å². The number of hydrogen-bond donors (Lipinski definition) is 1. The maximum atomic E-state index is 8.44. The molecule has 102 valence electrons. The van der Waals surface area contributed by atoms with Crippen molar-refractivity contribution in [3.63, 3.8) is 0 Å². The molecule has 2 atom stereocenters. The third-order valence-corrected chi connectivity index (χ3v) is 4.00. The van der Waals surface area contributed by atoms with E-state index in [1.807, 2.05) is 18.2 Å². The first-order valence-corrected chi connectivity index (χ1v) is 7.09. The van der Waals surface area contributed by atoms with Gasteiger partial charge in [0, 0.05) is 6.54 Å². The SMILES string of the molecule is CC1CCCC1CNCc1ccc(OCC#N)cc1. The summed E-state index contributed by atoms with van der Waals surface area (Å²) >= 11 is 0. The van der Waals surface area contributed by atoms with Crippen LogP contribution in [0.1, 0.15) is 31.7 Å².